The van der Waals surface area contributed by atoms with Gasteiger partial charge in [0.1, 0.15) is 5.92 Å². The molecule has 0 bridgehead atoms. The lowest BCUT2D eigenvalue weighted by atomic mass is 9.90. The van der Waals surface area contributed by atoms with E-state index < -0.39 is 5.92 Å². The number of hydrogen-bond donors (Lipinski definition) is 0. The molecule has 0 atom stereocenters. The quantitative estimate of drug-likeness (QED) is 0.762. The lowest BCUT2D eigenvalue weighted by Crippen LogP contribution is -2.14. The summed E-state index contributed by atoms with van der Waals surface area (Å²) in [4.78, 5) is 24.8. The predicted molar refractivity (Wildman–Crippen MR) is 74.4 cm³/mol. The van der Waals surface area contributed by atoms with Gasteiger partial charge in [-0.05, 0) is 11.1 Å². The molecule has 0 saturated heterocycles. The van der Waals surface area contributed by atoms with Crippen molar-refractivity contribution >= 4 is 17.6 Å². The van der Waals surface area contributed by atoms with E-state index in [1.165, 1.54) is 0 Å². The fourth-order valence-electron chi connectivity index (χ4n) is 2.59. The fraction of sp³-hybridized carbons (Fsp3) is 0.0588. The van der Waals surface area contributed by atoms with Crippen LogP contribution in [-0.2, 0) is 0 Å². The first-order valence-electron chi connectivity index (χ1n) is 6.13. The summed E-state index contributed by atoms with van der Waals surface area (Å²) < 4.78 is 0. The molecule has 92 valence electrons. The van der Waals surface area contributed by atoms with Crippen molar-refractivity contribution in [3.8, 4) is 0 Å². The summed E-state index contributed by atoms with van der Waals surface area (Å²) >= 11 is 0. The van der Waals surface area contributed by atoms with E-state index >= 15 is 0 Å². The molecule has 19 heavy (non-hydrogen) atoms. The highest BCUT2D eigenvalue weighted by molar-refractivity contribution is 6.29. The molecule has 0 saturated carbocycles. The van der Waals surface area contributed by atoms with Crippen LogP contribution in [0.1, 0.15) is 37.8 Å². The third kappa shape index (κ3) is 1.65. The monoisotopic (exact) mass is 248 g/mol. The summed E-state index contributed by atoms with van der Waals surface area (Å²) in [6.45, 7) is 3.74. The largest absolute Gasteiger partial charge is 0.293 e. The van der Waals surface area contributed by atoms with Gasteiger partial charge in [0.25, 0.3) is 0 Å². The first-order chi connectivity index (χ1) is 9.24. The summed E-state index contributed by atoms with van der Waals surface area (Å²) in [5.41, 5.74) is 2.62. The van der Waals surface area contributed by atoms with Crippen LogP contribution in [0.3, 0.4) is 0 Å². The highest BCUT2D eigenvalue weighted by atomic mass is 16.2. The number of carbonyl (C=O) groups is 2. The Morgan fingerprint density at radius 3 is 1.95 bits per heavy atom. The number of ketones is 2. The van der Waals surface area contributed by atoms with Gasteiger partial charge in [-0.15, -0.1) is 0 Å². The molecule has 0 spiro atoms. The van der Waals surface area contributed by atoms with Gasteiger partial charge in [-0.25, -0.2) is 0 Å². The van der Waals surface area contributed by atoms with E-state index in [0.717, 1.165) is 11.1 Å². The molecular weight excluding hydrogens is 236 g/mol. The molecule has 2 aromatic carbocycles. The minimum Gasteiger partial charge on any atom is -0.293 e. The molecule has 1 aliphatic rings. The van der Waals surface area contributed by atoms with Gasteiger partial charge < -0.3 is 0 Å². The molecule has 0 aromatic heterocycles. The van der Waals surface area contributed by atoms with Gasteiger partial charge in [0.05, 0.1) is 0 Å². The Labute approximate surface area is 111 Å². The maximum Gasteiger partial charge on any atom is 0.178 e. The molecule has 0 N–H and O–H groups in total. The summed E-state index contributed by atoms with van der Waals surface area (Å²) in [5.74, 6) is -0.948. The summed E-state index contributed by atoms with van der Waals surface area (Å²) in [7, 11) is 0. The van der Waals surface area contributed by atoms with E-state index in [4.69, 9.17) is 0 Å². The summed E-state index contributed by atoms with van der Waals surface area (Å²) in [6.07, 6.45) is 1.68. The van der Waals surface area contributed by atoms with Crippen LogP contribution in [0, 0.1) is 0 Å². The lowest BCUT2D eigenvalue weighted by molar-refractivity contribution is 0.0890. The maximum atomic E-state index is 12.4. The molecule has 2 nitrogen and oxygen atoms in total. The van der Waals surface area contributed by atoms with Gasteiger partial charge in [0.2, 0.25) is 0 Å². The Kier molecular flexibility index (Phi) is 2.64. The molecule has 0 radical (unpaired) electrons. The van der Waals surface area contributed by atoms with Gasteiger partial charge >= 0.3 is 0 Å². The number of benzene rings is 2. The van der Waals surface area contributed by atoms with Gasteiger partial charge in [-0.1, -0.05) is 61.2 Å². The van der Waals surface area contributed by atoms with Crippen LogP contribution in [0.5, 0.6) is 0 Å². The fourth-order valence-corrected chi connectivity index (χ4v) is 2.59. The zero-order valence-electron chi connectivity index (χ0n) is 10.3. The number of hydrogen-bond acceptors (Lipinski definition) is 2. The Balaban J connectivity index is 2.17. The number of carbonyl (C=O) groups excluding carboxylic acids is 2. The van der Waals surface area contributed by atoms with Crippen LogP contribution in [0.4, 0.5) is 0 Å². The highest BCUT2D eigenvalue weighted by Gasteiger charge is 2.39. The van der Waals surface area contributed by atoms with Crippen molar-refractivity contribution in [3.63, 3.8) is 0 Å². The van der Waals surface area contributed by atoms with E-state index in [-0.39, 0.29) is 11.6 Å². The van der Waals surface area contributed by atoms with Crippen LogP contribution in [0.25, 0.3) is 6.08 Å². The van der Waals surface area contributed by atoms with Crippen molar-refractivity contribution in [2.45, 2.75) is 5.92 Å². The third-order valence-electron chi connectivity index (χ3n) is 3.51. The Morgan fingerprint density at radius 1 is 0.842 bits per heavy atom. The van der Waals surface area contributed by atoms with Gasteiger partial charge in [-0.3, -0.25) is 9.59 Å². The van der Waals surface area contributed by atoms with Crippen LogP contribution in [0.15, 0.2) is 55.1 Å². The Hall–Kier alpha value is -2.48. The predicted octanol–water partition coefficient (Wildman–Crippen LogP) is 3.49. The second kappa shape index (κ2) is 4.32. The van der Waals surface area contributed by atoms with Crippen molar-refractivity contribution in [1.29, 1.82) is 0 Å². The average Bonchev–Trinajstić information content (AvgIpc) is 2.71. The van der Waals surface area contributed by atoms with Crippen molar-refractivity contribution in [2.24, 2.45) is 0 Å². The van der Waals surface area contributed by atoms with E-state index in [1.54, 1.807) is 30.3 Å². The van der Waals surface area contributed by atoms with Crippen molar-refractivity contribution < 1.29 is 9.59 Å². The van der Waals surface area contributed by atoms with Crippen LogP contribution >= 0.6 is 0 Å². The molecule has 0 heterocycles. The average molecular weight is 248 g/mol. The number of rotatable bonds is 2. The summed E-state index contributed by atoms with van der Waals surface area (Å²) in [6, 6.07) is 14.4. The third-order valence-corrected chi connectivity index (χ3v) is 3.51. The standard InChI is InChI=1S/C17H12O2/c1-2-11-7-3-4-8-12(11)15-16(18)13-9-5-6-10-14(13)17(15)19/h2-10,15H,1H2. The first kappa shape index (κ1) is 11.6. The molecule has 0 fully saturated rings. The number of Topliss-reactive ketones (excluding diaryl/α,β-unsaturated/α-hetero) is 2. The topological polar surface area (TPSA) is 34.1 Å². The Bertz CT molecular complexity index is 663. The molecule has 3 rings (SSSR count). The lowest BCUT2D eigenvalue weighted by Gasteiger charge is -2.10. The minimum absolute atomic E-state index is 0.116. The summed E-state index contributed by atoms with van der Waals surface area (Å²) in [5, 5.41) is 0. The van der Waals surface area contributed by atoms with Crippen LogP contribution in [-0.4, -0.2) is 11.6 Å². The van der Waals surface area contributed by atoms with E-state index in [2.05, 4.69) is 6.58 Å². The minimum atomic E-state index is -0.716. The molecule has 2 heteroatoms. The molecule has 0 unspecified atom stereocenters. The normalized spacial score (nSPS) is 14.5. The smallest absolute Gasteiger partial charge is 0.178 e. The van der Waals surface area contributed by atoms with Gasteiger partial charge in [-0.2, -0.15) is 0 Å². The second-order valence-corrected chi connectivity index (χ2v) is 4.54. The van der Waals surface area contributed by atoms with Crippen molar-refractivity contribution in [3.05, 3.63) is 77.4 Å². The maximum absolute atomic E-state index is 12.4. The Morgan fingerprint density at radius 2 is 1.37 bits per heavy atom. The molecular formula is C17H12O2. The zero-order chi connectivity index (χ0) is 13.4. The highest BCUT2D eigenvalue weighted by Crippen LogP contribution is 2.35. The molecule has 0 amide bonds. The SMILES string of the molecule is C=Cc1ccccc1C1C(=O)c2ccccc2C1=O. The molecule has 0 aliphatic heterocycles. The molecule has 1 aliphatic carbocycles. The van der Waals surface area contributed by atoms with Crippen LogP contribution in [0.2, 0.25) is 0 Å². The second-order valence-electron chi connectivity index (χ2n) is 4.54. The zero-order valence-corrected chi connectivity index (χ0v) is 10.3. The van der Waals surface area contributed by atoms with Gasteiger partial charge in [0.15, 0.2) is 11.6 Å². The van der Waals surface area contributed by atoms with Gasteiger partial charge in [0, 0.05) is 11.1 Å². The number of fused-ring (bicyclic) bond motifs is 1. The van der Waals surface area contributed by atoms with E-state index in [0.29, 0.717) is 11.1 Å². The first-order valence-corrected chi connectivity index (χ1v) is 6.13. The van der Waals surface area contributed by atoms with E-state index in [9.17, 15) is 9.59 Å². The molecule has 2 aromatic rings. The van der Waals surface area contributed by atoms with E-state index in [1.807, 2.05) is 24.3 Å². The van der Waals surface area contributed by atoms with Crippen molar-refractivity contribution in [1.82, 2.24) is 0 Å². The van der Waals surface area contributed by atoms with Crippen LogP contribution < -0.4 is 0 Å². The van der Waals surface area contributed by atoms with Crippen molar-refractivity contribution in [2.75, 3.05) is 0 Å².